The number of primary amides is 1. The summed E-state index contributed by atoms with van der Waals surface area (Å²) in [5.74, 6) is 1.99. The molecule has 6 rings (SSSR count). The number of carbonyl (C=O) groups is 1. The molecule has 2 aromatic carbocycles. The van der Waals surface area contributed by atoms with Crippen LogP contribution in [-0.2, 0) is 17.8 Å². The van der Waals surface area contributed by atoms with Gasteiger partial charge in [-0.15, -0.1) is 0 Å². The number of H-pyrrole nitrogens is 1. The van der Waals surface area contributed by atoms with E-state index in [9.17, 15) is 4.79 Å². The fourth-order valence-electron chi connectivity index (χ4n) is 6.74. The summed E-state index contributed by atoms with van der Waals surface area (Å²) in [4.78, 5) is 32.9. The second-order valence-corrected chi connectivity index (χ2v) is 12.6. The minimum absolute atomic E-state index is 0.165. The molecule has 2 atom stereocenters. The van der Waals surface area contributed by atoms with Crippen molar-refractivity contribution in [2.75, 3.05) is 36.0 Å². The number of carbonyl (C=O) groups excluding carboxylic acids is 1. The number of nitrogens with one attached hydrogen (secondary N) is 1. The Morgan fingerprint density at radius 1 is 1.07 bits per heavy atom. The summed E-state index contributed by atoms with van der Waals surface area (Å²) in [5, 5.41) is 1.18. The fraction of sp³-hybridized carbons (Fsp3) is 0.441. The van der Waals surface area contributed by atoms with E-state index in [1.165, 1.54) is 33.3 Å². The number of benzene rings is 2. The van der Waals surface area contributed by atoms with Crippen LogP contribution < -0.4 is 15.5 Å². The van der Waals surface area contributed by atoms with Gasteiger partial charge in [-0.05, 0) is 62.4 Å². The van der Waals surface area contributed by atoms with Gasteiger partial charge < -0.3 is 20.5 Å². The lowest BCUT2D eigenvalue weighted by Crippen LogP contribution is -2.58. The van der Waals surface area contributed by atoms with Gasteiger partial charge in [-0.25, -0.2) is 9.97 Å². The third-order valence-corrected chi connectivity index (χ3v) is 9.17. The van der Waals surface area contributed by atoms with E-state index in [1.54, 1.807) is 0 Å². The van der Waals surface area contributed by atoms with E-state index >= 15 is 0 Å². The number of hydrogen-bond acceptors (Lipinski definition) is 6. The smallest absolute Gasteiger partial charge is 0.231 e. The average molecular weight is 566 g/mol. The van der Waals surface area contributed by atoms with Gasteiger partial charge in [0.15, 0.2) is 5.82 Å². The van der Waals surface area contributed by atoms with E-state index in [-0.39, 0.29) is 24.5 Å². The first-order chi connectivity index (χ1) is 20.1. The predicted molar refractivity (Wildman–Crippen MR) is 171 cm³/mol. The van der Waals surface area contributed by atoms with Crippen LogP contribution in [0.25, 0.3) is 22.3 Å². The first-order valence-electron chi connectivity index (χ1n) is 15.2. The molecule has 0 radical (unpaired) electrons. The zero-order valence-electron chi connectivity index (χ0n) is 25.7. The minimum Gasteiger partial charge on any atom is -0.369 e. The molecule has 1 saturated heterocycles. The van der Waals surface area contributed by atoms with Crippen molar-refractivity contribution in [1.29, 1.82) is 0 Å². The molecule has 3 N–H and O–H groups in total. The van der Waals surface area contributed by atoms with Gasteiger partial charge in [0.1, 0.15) is 5.82 Å². The molecule has 42 heavy (non-hydrogen) atoms. The molecule has 0 aliphatic carbocycles. The molecule has 0 bridgehead atoms. The Kier molecular flexibility index (Phi) is 7.43. The summed E-state index contributed by atoms with van der Waals surface area (Å²) in [6.45, 7) is 16.7. The molecule has 8 nitrogen and oxygen atoms in total. The number of aryl methyl sites for hydroxylation is 2. The molecule has 2 aromatic heterocycles. The van der Waals surface area contributed by atoms with E-state index in [2.05, 4.69) is 104 Å². The second-order valence-electron chi connectivity index (χ2n) is 12.6. The molecule has 1 fully saturated rings. The number of fused-ring (bicyclic) bond motifs is 2. The number of nitrogens with two attached hydrogens (primary N) is 1. The van der Waals surface area contributed by atoms with Crippen molar-refractivity contribution in [3.8, 4) is 11.4 Å². The molecule has 8 heteroatoms. The van der Waals surface area contributed by atoms with E-state index in [4.69, 9.17) is 15.7 Å². The van der Waals surface area contributed by atoms with Crippen LogP contribution in [0.5, 0.6) is 0 Å². The van der Waals surface area contributed by atoms with Crippen LogP contribution in [0.2, 0.25) is 0 Å². The van der Waals surface area contributed by atoms with Crippen LogP contribution in [0.4, 0.5) is 11.5 Å². The highest BCUT2D eigenvalue weighted by molar-refractivity contribution is 5.96. The number of aromatic amines is 1. The highest BCUT2D eigenvalue weighted by Gasteiger charge is 2.34. The highest BCUT2D eigenvalue weighted by atomic mass is 16.1. The number of nitrogens with zero attached hydrogens (tertiary/aromatic N) is 5. The third kappa shape index (κ3) is 5.13. The van der Waals surface area contributed by atoms with Crippen molar-refractivity contribution in [3.05, 3.63) is 70.5 Å². The number of rotatable bonds is 6. The molecule has 2 aliphatic heterocycles. The van der Waals surface area contributed by atoms with Crippen LogP contribution in [0.15, 0.2) is 42.6 Å². The van der Waals surface area contributed by atoms with Crippen LogP contribution in [-0.4, -0.2) is 64.0 Å². The zero-order chi connectivity index (χ0) is 29.7. The van der Waals surface area contributed by atoms with Crippen LogP contribution >= 0.6 is 0 Å². The lowest BCUT2D eigenvalue weighted by Gasteiger charge is -2.45. The van der Waals surface area contributed by atoms with Gasteiger partial charge in [0, 0.05) is 78.6 Å². The predicted octanol–water partition coefficient (Wildman–Crippen LogP) is 5.31. The van der Waals surface area contributed by atoms with Gasteiger partial charge in [-0.2, -0.15) is 0 Å². The molecular formula is C34H43N7O. The van der Waals surface area contributed by atoms with Crippen LogP contribution in [0.1, 0.15) is 61.6 Å². The maximum absolute atomic E-state index is 11.8. The van der Waals surface area contributed by atoms with Crippen molar-refractivity contribution in [2.45, 2.75) is 72.5 Å². The molecule has 2 aliphatic rings. The topological polar surface area (TPSA) is 94.4 Å². The van der Waals surface area contributed by atoms with Gasteiger partial charge in [0.05, 0.1) is 12.2 Å². The Hall–Kier alpha value is -3.91. The third-order valence-electron chi connectivity index (χ3n) is 9.17. The van der Waals surface area contributed by atoms with E-state index in [0.29, 0.717) is 5.92 Å². The van der Waals surface area contributed by atoms with E-state index in [0.717, 1.165) is 61.0 Å². The Morgan fingerprint density at radius 3 is 2.64 bits per heavy atom. The Balaban J connectivity index is 1.46. The van der Waals surface area contributed by atoms with Crippen molar-refractivity contribution >= 4 is 28.3 Å². The maximum Gasteiger partial charge on any atom is 0.231 e. The van der Waals surface area contributed by atoms with Gasteiger partial charge in [-0.3, -0.25) is 9.69 Å². The molecule has 2 unspecified atom stereocenters. The summed E-state index contributed by atoms with van der Waals surface area (Å²) in [7, 11) is 0. The number of piperazine rings is 1. The molecule has 1 amide bonds. The molecule has 4 heterocycles. The largest absolute Gasteiger partial charge is 0.369 e. The highest BCUT2D eigenvalue weighted by Crippen LogP contribution is 2.37. The number of anilines is 2. The summed E-state index contributed by atoms with van der Waals surface area (Å²) in [5.41, 5.74) is 15.2. The molecule has 220 valence electrons. The Morgan fingerprint density at radius 2 is 1.88 bits per heavy atom. The quantitative estimate of drug-likeness (QED) is 0.329. The van der Waals surface area contributed by atoms with E-state index < -0.39 is 0 Å². The van der Waals surface area contributed by atoms with Gasteiger partial charge in [0.25, 0.3) is 0 Å². The average Bonchev–Trinajstić information content (AvgIpc) is 3.34. The number of aromatic nitrogens is 3. The van der Waals surface area contributed by atoms with Gasteiger partial charge in [0.2, 0.25) is 5.91 Å². The van der Waals surface area contributed by atoms with Crippen molar-refractivity contribution < 1.29 is 4.79 Å². The SMILES string of the molecule is Cc1ccc(C(C)C)cc1N1CCc2nc(-c3cccc4[nH]cc(C)c34)nc(N3CC(C)N(CC(N)=O)CC3C)c2C1. The molecule has 0 spiro atoms. The van der Waals surface area contributed by atoms with Crippen LogP contribution in [0, 0.1) is 13.8 Å². The molecule has 4 aromatic rings. The Labute approximate surface area is 248 Å². The standard InChI is InChI=1S/C34H43N7O/c1-20(2)25-11-10-21(3)30(14-25)39-13-12-28-27(18-39)34(41-17-23(5)40(16-24(41)6)19-31(35)42)38-33(37-28)26-8-7-9-29-32(26)22(4)15-36-29/h7-11,14-15,20,23-24,36H,12-13,16-19H2,1-6H3,(H2,35,42). The Bertz CT molecular complexity index is 1640. The first kappa shape index (κ1) is 28.2. The lowest BCUT2D eigenvalue weighted by atomic mass is 9.97. The van der Waals surface area contributed by atoms with Crippen molar-refractivity contribution in [2.24, 2.45) is 5.73 Å². The van der Waals surface area contributed by atoms with Crippen molar-refractivity contribution in [3.63, 3.8) is 0 Å². The summed E-state index contributed by atoms with van der Waals surface area (Å²) >= 11 is 0. The molecule has 0 saturated carbocycles. The first-order valence-corrected chi connectivity index (χ1v) is 15.2. The van der Waals surface area contributed by atoms with Gasteiger partial charge >= 0.3 is 0 Å². The molecular weight excluding hydrogens is 522 g/mol. The maximum atomic E-state index is 11.8. The minimum atomic E-state index is -0.284. The zero-order valence-corrected chi connectivity index (χ0v) is 25.7. The number of hydrogen-bond donors (Lipinski definition) is 2. The lowest BCUT2D eigenvalue weighted by molar-refractivity contribution is -0.119. The van der Waals surface area contributed by atoms with Gasteiger partial charge in [-0.1, -0.05) is 38.1 Å². The number of amides is 1. The summed E-state index contributed by atoms with van der Waals surface area (Å²) in [6.07, 6.45) is 2.91. The van der Waals surface area contributed by atoms with E-state index in [1.807, 2.05) is 0 Å². The second kappa shape index (κ2) is 11.1. The fourth-order valence-corrected chi connectivity index (χ4v) is 6.74. The monoisotopic (exact) mass is 565 g/mol. The van der Waals surface area contributed by atoms with Crippen LogP contribution in [0.3, 0.4) is 0 Å². The summed E-state index contributed by atoms with van der Waals surface area (Å²) < 4.78 is 0. The van der Waals surface area contributed by atoms with Crippen molar-refractivity contribution in [1.82, 2.24) is 19.9 Å². The normalized spacial score (nSPS) is 19.5. The summed E-state index contributed by atoms with van der Waals surface area (Å²) in [6, 6.07) is 13.5.